The number of carboxylic acids is 1. The number of carbonyl (C=O) groups is 2. The first-order valence-corrected chi connectivity index (χ1v) is 6.97. The predicted molar refractivity (Wildman–Crippen MR) is 74.4 cm³/mol. The standard InChI is InChI=1S/C12H15N3O4S/c1-19-6-8-4-9(20-7-8)12(18)13-10-2-3-15(14-10)5-11(16)17/h2-4,8H,5-7H2,1H3,(H,16,17)(H,13,14,18). The number of carbonyl (C=O) groups excluding carboxylic acids is 1. The third-order valence-electron chi connectivity index (χ3n) is 2.62. The van der Waals surface area contributed by atoms with Crippen LogP contribution in [0.2, 0.25) is 0 Å². The number of methoxy groups -OCH3 is 1. The molecule has 0 saturated heterocycles. The van der Waals surface area contributed by atoms with Gasteiger partial charge in [0.25, 0.3) is 5.91 Å². The molecule has 1 unspecified atom stereocenters. The van der Waals surface area contributed by atoms with Crippen LogP contribution in [0.15, 0.2) is 23.2 Å². The maximum absolute atomic E-state index is 12.0. The number of anilines is 1. The van der Waals surface area contributed by atoms with Crippen LogP contribution in [0.3, 0.4) is 0 Å². The number of amides is 1. The van der Waals surface area contributed by atoms with E-state index in [4.69, 9.17) is 9.84 Å². The minimum absolute atomic E-state index is 0.228. The van der Waals surface area contributed by atoms with Crippen LogP contribution in [-0.4, -0.2) is 46.2 Å². The fourth-order valence-corrected chi connectivity index (χ4v) is 2.85. The largest absolute Gasteiger partial charge is 0.480 e. The summed E-state index contributed by atoms with van der Waals surface area (Å²) in [5.74, 6) is 0.198. The van der Waals surface area contributed by atoms with Gasteiger partial charge in [0.15, 0.2) is 5.82 Å². The third-order valence-corrected chi connectivity index (χ3v) is 3.85. The van der Waals surface area contributed by atoms with Gasteiger partial charge in [-0.05, 0) is 0 Å². The van der Waals surface area contributed by atoms with Gasteiger partial charge in [0, 0.05) is 31.0 Å². The van der Waals surface area contributed by atoms with E-state index in [2.05, 4.69) is 10.4 Å². The first-order chi connectivity index (χ1) is 9.58. The summed E-state index contributed by atoms with van der Waals surface area (Å²) in [6.45, 7) is 0.361. The van der Waals surface area contributed by atoms with Crippen LogP contribution in [0.1, 0.15) is 0 Å². The van der Waals surface area contributed by atoms with E-state index < -0.39 is 5.97 Å². The zero-order valence-electron chi connectivity index (χ0n) is 10.9. The van der Waals surface area contributed by atoms with E-state index in [1.54, 1.807) is 13.2 Å². The van der Waals surface area contributed by atoms with Crippen molar-refractivity contribution in [2.24, 2.45) is 5.92 Å². The Hall–Kier alpha value is -1.80. The summed E-state index contributed by atoms with van der Waals surface area (Å²) in [4.78, 5) is 23.2. The van der Waals surface area contributed by atoms with Crippen molar-refractivity contribution in [3.8, 4) is 0 Å². The van der Waals surface area contributed by atoms with Crippen molar-refractivity contribution in [3.05, 3.63) is 23.2 Å². The topological polar surface area (TPSA) is 93.5 Å². The molecule has 0 spiro atoms. The fraction of sp³-hybridized carbons (Fsp3) is 0.417. The molecular formula is C12H15N3O4S. The molecule has 108 valence electrons. The van der Waals surface area contributed by atoms with Gasteiger partial charge in [0.2, 0.25) is 0 Å². The number of carboxylic acid groups (broad SMARTS) is 1. The van der Waals surface area contributed by atoms with E-state index in [0.717, 1.165) is 5.75 Å². The smallest absolute Gasteiger partial charge is 0.325 e. The minimum atomic E-state index is -0.984. The Morgan fingerprint density at radius 2 is 2.45 bits per heavy atom. The fourth-order valence-electron chi connectivity index (χ4n) is 1.79. The Bertz CT molecular complexity index is 541. The lowest BCUT2D eigenvalue weighted by molar-refractivity contribution is -0.137. The highest BCUT2D eigenvalue weighted by atomic mass is 32.2. The molecule has 1 amide bonds. The lowest BCUT2D eigenvalue weighted by Crippen LogP contribution is -2.14. The molecular weight excluding hydrogens is 282 g/mol. The zero-order valence-corrected chi connectivity index (χ0v) is 11.7. The molecule has 0 fully saturated rings. The van der Waals surface area contributed by atoms with Crippen LogP contribution in [0.4, 0.5) is 5.82 Å². The normalized spacial score (nSPS) is 17.9. The van der Waals surface area contributed by atoms with E-state index in [1.165, 1.54) is 22.6 Å². The molecule has 0 saturated carbocycles. The monoisotopic (exact) mass is 297 g/mol. The number of hydrogen-bond donors (Lipinski definition) is 2. The lowest BCUT2D eigenvalue weighted by Gasteiger charge is -2.01. The number of thioether (sulfide) groups is 1. The first kappa shape index (κ1) is 14.6. The molecule has 0 aromatic carbocycles. The molecule has 7 nitrogen and oxygen atoms in total. The molecule has 8 heteroatoms. The summed E-state index contributed by atoms with van der Waals surface area (Å²) in [6.07, 6.45) is 3.39. The summed E-state index contributed by atoms with van der Waals surface area (Å²) in [6, 6.07) is 1.56. The highest BCUT2D eigenvalue weighted by molar-refractivity contribution is 8.04. The highest BCUT2D eigenvalue weighted by Crippen LogP contribution is 2.30. The highest BCUT2D eigenvalue weighted by Gasteiger charge is 2.22. The molecule has 2 rings (SSSR count). The van der Waals surface area contributed by atoms with Gasteiger partial charge >= 0.3 is 5.97 Å². The molecule has 1 atom stereocenters. The lowest BCUT2D eigenvalue weighted by atomic mass is 10.2. The van der Waals surface area contributed by atoms with Gasteiger partial charge in [-0.3, -0.25) is 14.3 Å². The van der Waals surface area contributed by atoms with Crippen LogP contribution < -0.4 is 5.32 Å². The summed E-state index contributed by atoms with van der Waals surface area (Å²) < 4.78 is 6.30. The average molecular weight is 297 g/mol. The number of rotatable bonds is 6. The van der Waals surface area contributed by atoms with Crippen molar-refractivity contribution >= 4 is 29.5 Å². The molecule has 1 aliphatic heterocycles. The Morgan fingerprint density at radius 3 is 3.15 bits per heavy atom. The second kappa shape index (κ2) is 6.58. The van der Waals surface area contributed by atoms with Gasteiger partial charge in [-0.15, -0.1) is 11.8 Å². The zero-order chi connectivity index (χ0) is 14.5. The average Bonchev–Trinajstić information content (AvgIpc) is 2.99. The van der Waals surface area contributed by atoms with Crippen LogP contribution in [0.25, 0.3) is 0 Å². The van der Waals surface area contributed by atoms with Gasteiger partial charge in [0.1, 0.15) is 6.54 Å². The molecule has 1 aliphatic rings. The van der Waals surface area contributed by atoms with Gasteiger partial charge < -0.3 is 15.2 Å². The predicted octanol–water partition coefficient (Wildman–Crippen LogP) is 0.799. The minimum Gasteiger partial charge on any atom is -0.480 e. The first-order valence-electron chi connectivity index (χ1n) is 5.98. The van der Waals surface area contributed by atoms with Crippen molar-refractivity contribution in [1.82, 2.24) is 9.78 Å². The van der Waals surface area contributed by atoms with Gasteiger partial charge in [-0.1, -0.05) is 6.08 Å². The second-order valence-corrected chi connectivity index (χ2v) is 5.37. The van der Waals surface area contributed by atoms with E-state index in [1.807, 2.05) is 6.08 Å². The molecule has 0 radical (unpaired) electrons. The Morgan fingerprint density at radius 1 is 1.65 bits per heavy atom. The number of aromatic nitrogens is 2. The summed E-state index contributed by atoms with van der Waals surface area (Å²) in [5, 5.41) is 15.2. The SMILES string of the molecule is COCC1C=C(C(=O)Nc2ccn(CC(=O)O)n2)SC1. The summed E-state index contributed by atoms with van der Waals surface area (Å²) in [5.41, 5.74) is 0. The van der Waals surface area contributed by atoms with Gasteiger partial charge in [0.05, 0.1) is 11.5 Å². The van der Waals surface area contributed by atoms with Crippen LogP contribution >= 0.6 is 11.8 Å². The Labute approximate surface area is 120 Å². The quantitative estimate of drug-likeness (QED) is 0.806. The number of hydrogen-bond acceptors (Lipinski definition) is 5. The van der Waals surface area contributed by atoms with Crippen LogP contribution in [0.5, 0.6) is 0 Å². The van der Waals surface area contributed by atoms with E-state index in [0.29, 0.717) is 17.3 Å². The van der Waals surface area contributed by atoms with E-state index in [-0.39, 0.29) is 18.4 Å². The van der Waals surface area contributed by atoms with Crippen LogP contribution in [-0.2, 0) is 20.9 Å². The van der Waals surface area contributed by atoms with Gasteiger partial charge in [-0.25, -0.2) is 0 Å². The molecule has 2 heterocycles. The summed E-state index contributed by atoms with van der Waals surface area (Å²) >= 11 is 1.48. The Kier molecular flexibility index (Phi) is 4.80. The molecule has 1 aromatic heterocycles. The third kappa shape index (κ3) is 3.84. The maximum Gasteiger partial charge on any atom is 0.325 e. The second-order valence-electron chi connectivity index (χ2n) is 4.30. The molecule has 2 N–H and O–H groups in total. The van der Waals surface area contributed by atoms with E-state index >= 15 is 0 Å². The van der Waals surface area contributed by atoms with Crippen molar-refractivity contribution in [2.45, 2.75) is 6.54 Å². The Balaban J connectivity index is 1.93. The van der Waals surface area contributed by atoms with Gasteiger partial charge in [-0.2, -0.15) is 5.10 Å². The number of nitrogens with one attached hydrogen (secondary N) is 1. The number of aliphatic carboxylic acids is 1. The van der Waals surface area contributed by atoms with Crippen molar-refractivity contribution in [1.29, 1.82) is 0 Å². The number of nitrogens with zero attached hydrogens (tertiary/aromatic N) is 2. The molecule has 0 aliphatic carbocycles. The molecule has 20 heavy (non-hydrogen) atoms. The van der Waals surface area contributed by atoms with Crippen molar-refractivity contribution in [2.75, 3.05) is 24.8 Å². The summed E-state index contributed by atoms with van der Waals surface area (Å²) in [7, 11) is 1.63. The van der Waals surface area contributed by atoms with Crippen LogP contribution in [0, 0.1) is 5.92 Å². The number of ether oxygens (including phenoxy) is 1. The molecule has 1 aromatic rings. The maximum atomic E-state index is 12.0. The van der Waals surface area contributed by atoms with Crippen molar-refractivity contribution in [3.63, 3.8) is 0 Å². The van der Waals surface area contributed by atoms with E-state index in [9.17, 15) is 9.59 Å². The molecule has 0 bridgehead atoms. The van der Waals surface area contributed by atoms with Crippen molar-refractivity contribution < 1.29 is 19.4 Å².